The van der Waals surface area contributed by atoms with Gasteiger partial charge >= 0.3 is 12.2 Å². The summed E-state index contributed by atoms with van der Waals surface area (Å²) in [7, 11) is 1.70. The van der Waals surface area contributed by atoms with Crippen LogP contribution in [0.25, 0.3) is 22.2 Å². The quantitative estimate of drug-likeness (QED) is 0.541. The average Bonchev–Trinajstić information content (AvgIpc) is 3.26. The highest BCUT2D eigenvalue weighted by molar-refractivity contribution is 5.91. The van der Waals surface area contributed by atoms with E-state index in [1.165, 1.54) is 12.1 Å². The van der Waals surface area contributed by atoms with Crippen LogP contribution in [0.5, 0.6) is 0 Å². The van der Waals surface area contributed by atoms with E-state index in [-0.39, 0.29) is 18.7 Å². The topological polar surface area (TPSA) is 83.0 Å². The fourth-order valence-electron chi connectivity index (χ4n) is 3.91. The Hall–Kier alpha value is -3.50. The van der Waals surface area contributed by atoms with Gasteiger partial charge in [0.1, 0.15) is 5.82 Å². The lowest BCUT2D eigenvalue weighted by molar-refractivity contribution is -0.169. The van der Waals surface area contributed by atoms with Crippen LogP contribution in [-0.2, 0) is 0 Å². The van der Waals surface area contributed by atoms with Gasteiger partial charge in [0.05, 0.1) is 11.6 Å². The molecule has 0 spiro atoms. The van der Waals surface area contributed by atoms with Crippen LogP contribution in [0.15, 0.2) is 24.4 Å². The molecular weight excluding hydrogens is 440 g/mol. The summed E-state index contributed by atoms with van der Waals surface area (Å²) >= 11 is 0. The molecule has 0 saturated carbocycles. The number of aromatic nitrogens is 3. The number of amides is 2. The minimum absolute atomic E-state index is 0.0430. The van der Waals surface area contributed by atoms with Crippen LogP contribution in [0.3, 0.4) is 0 Å². The summed E-state index contributed by atoms with van der Waals surface area (Å²) in [5.41, 5.74) is 2.97. The Kier molecular flexibility index (Phi) is 5.81. The number of nitrogens with zero attached hydrogens (tertiary/aromatic N) is 4. The van der Waals surface area contributed by atoms with Crippen molar-refractivity contribution in [3.8, 4) is 11.1 Å². The van der Waals surface area contributed by atoms with Crippen molar-refractivity contribution in [3.63, 3.8) is 0 Å². The average molecular weight is 462 g/mol. The number of carbonyl (C=O) groups excluding carboxylic acids is 1. The lowest BCUT2D eigenvalue weighted by Crippen LogP contribution is -2.35. The van der Waals surface area contributed by atoms with Gasteiger partial charge in [-0.05, 0) is 49.6 Å². The third-order valence-corrected chi connectivity index (χ3v) is 5.77. The second-order valence-corrected chi connectivity index (χ2v) is 8.03. The van der Waals surface area contributed by atoms with Crippen molar-refractivity contribution in [1.82, 2.24) is 19.9 Å². The Morgan fingerprint density at radius 3 is 2.58 bits per heavy atom. The van der Waals surface area contributed by atoms with E-state index < -0.39 is 30.5 Å². The summed E-state index contributed by atoms with van der Waals surface area (Å²) in [6.07, 6.45) is -2.91. The molecular formula is C22H22F4N6O. The van der Waals surface area contributed by atoms with Crippen molar-refractivity contribution in [2.45, 2.75) is 26.4 Å². The largest absolute Gasteiger partial charge is 0.393 e. The number of nitrogens with one attached hydrogen (secondary N) is 2. The maximum Gasteiger partial charge on any atom is 0.393 e. The SMILES string of the molecule is CNc1ncc2cc(-c3cc(NC(=O)N4CC[C@@H](C(F)(F)F)C4)c(F)cc3C)c(C)nc2n1. The van der Waals surface area contributed by atoms with E-state index in [1.807, 2.05) is 6.07 Å². The molecule has 2 amide bonds. The molecule has 3 aromatic rings. The van der Waals surface area contributed by atoms with Crippen molar-refractivity contribution in [2.24, 2.45) is 5.92 Å². The van der Waals surface area contributed by atoms with Crippen molar-refractivity contribution < 1.29 is 22.4 Å². The van der Waals surface area contributed by atoms with E-state index in [4.69, 9.17) is 0 Å². The molecule has 0 radical (unpaired) electrons. The second kappa shape index (κ2) is 8.45. The summed E-state index contributed by atoms with van der Waals surface area (Å²) in [6.45, 7) is 3.03. The third-order valence-electron chi connectivity index (χ3n) is 5.77. The molecule has 1 aliphatic heterocycles. The minimum atomic E-state index is -4.37. The zero-order valence-corrected chi connectivity index (χ0v) is 18.2. The Balaban J connectivity index is 1.64. The molecule has 2 aromatic heterocycles. The third kappa shape index (κ3) is 4.53. The summed E-state index contributed by atoms with van der Waals surface area (Å²) in [5.74, 6) is -1.82. The highest BCUT2D eigenvalue weighted by atomic mass is 19.4. The molecule has 0 bridgehead atoms. The minimum Gasteiger partial charge on any atom is -0.357 e. The first-order chi connectivity index (χ1) is 15.6. The molecule has 1 aromatic carbocycles. The molecule has 4 rings (SSSR count). The molecule has 7 nitrogen and oxygen atoms in total. The smallest absolute Gasteiger partial charge is 0.357 e. The number of hydrogen-bond donors (Lipinski definition) is 2. The molecule has 1 fully saturated rings. The number of pyridine rings is 1. The molecule has 1 atom stereocenters. The number of alkyl halides is 3. The number of halogens is 4. The predicted molar refractivity (Wildman–Crippen MR) is 117 cm³/mol. The molecule has 11 heteroatoms. The highest BCUT2D eigenvalue weighted by Crippen LogP contribution is 2.35. The number of benzene rings is 1. The zero-order chi connectivity index (χ0) is 23.9. The second-order valence-electron chi connectivity index (χ2n) is 8.03. The first-order valence-electron chi connectivity index (χ1n) is 10.3. The van der Waals surface area contributed by atoms with Crippen LogP contribution < -0.4 is 10.6 Å². The molecule has 0 unspecified atom stereocenters. The van der Waals surface area contributed by atoms with Crippen LogP contribution >= 0.6 is 0 Å². The summed E-state index contributed by atoms with van der Waals surface area (Å²) < 4.78 is 53.4. The number of likely N-dealkylation sites (tertiary alicyclic amines) is 1. The van der Waals surface area contributed by atoms with Crippen LogP contribution in [0, 0.1) is 25.6 Å². The van der Waals surface area contributed by atoms with Crippen molar-refractivity contribution >= 4 is 28.7 Å². The van der Waals surface area contributed by atoms with Crippen molar-refractivity contribution in [3.05, 3.63) is 41.5 Å². The lowest BCUT2D eigenvalue weighted by atomic mass is 9.97. The van der Waals surface area contributed by atoms with Crippen LogP contribution in [-0.4, -0.2) is 52.2 Å². The normalized spacial score (nSPS) is 16.3. The van der Waals surface area contributed by atoms with Crippen LogP contribution in [0.4, 0.5) is 34.0 Å². The first-order valence-corrected chi connectivity index (χ1v) is 10.3. The summed E-state index contributed by atoms with van der Waals surface area (Å²) in [4.78, 5) is 26.6. The van der Waals surface area contributed by atoms with E-state index in [2.05, 4.69) is 25.6 Å². The van der Waals surface area contributed by atoms with Gasteiger partial charge in [0.2, 0.25) is 5.95 Å². The van der Waals surface area contributed by atoms with Gasteiger partial charge in [0.25, 0.3) is 0 Å². The Bertz CT molecular complexity index is 1230. The zero-order valence-electron chi connectivity index (χ0n) is 18.2. The van der Waals surface area contributed by atoms with E-state index >= 15 is 0 Å². The maximum atomic E-state index is 14.6. The molecule has 3 heterocycles. The number of aryl methyl sites for hydroxylation is 2. The first kappa shape index (κ1) is 22.7. The Labute approximate surface area is 187 Å². The predicted octanol–water partition coefficient (Wildman–Crippen LogP) is 4.91. The van der Waals surface area contributed by atoms with Gasteiger partial charge < -0.3 is 15.5 Å². The van der Waals surface area contributed by atoms with Crippen molar-refractivity contribution in [2.75, 3.05) is 30.8 Å². The van der Waals surface area contributed by atoms with Gasteiger partial charge in [-0.15, -0.1) is 0 Å². The fourth-order valence-corrected chi connectivity index (χ4v) is 3.91. The van der Waals surface area contributed by atoms with Crippen LogP contribution in [0.2, 0.25) is 0 Å². The maximum absolute atomic E-state index is 14.6. The Morgan fingerprint density at radius 1 is 1.15 bits per heavy atom. The Morgan fingerprint density at radius 2 is 1.91 bits per heavy atom. The molecule has 1 saturated heterocycles. The lowest BCUT2D eigenvalue weighted by Gasteiger charge is -2.20. The van der Waals surface area contributed by atoms with Gasteiger partial charge in [-0.25, -0.2) is 19.2 Å². The van der Waals surface area contributed by atoms with Gasteiger partial charge in [-0.3, -0.25) is 0 Å². The van der Waals surface area contributed by atoms with E-state index in [1.54, 1.807) is 27.1 Å². The number of carbonyl (C=O) groups is 1. The number of urea groups is 1. The molecule has 0 aliphatic carbocycles. The van der Waals surface area contributed by atoms with E-state index in [9.17, 15) is 22.4 Å². The van der Waals surface area contributed by atoms with Gasteiger partial charge in [-0.1, -0.05) is 0 Å². The van der Waals surface area contributed by atoms with Crippen LogP contribution in [0.1, 0.15) is 17.7 Å². The van der Waals surface area contributed by atoms with Gasteiger partial charge in [-0.2, -0.15) is 18.2 Å². The molecule has 174 valence electrons. The number of anilines is 2. The van der Waals surface area contributed by atoms with Crippen molar-refractivity contribution in [1.29, 1.82) is 0 Å². The van der Waals surface area contributed by atoms with Gasteiger partial charge in [0.15, 0.2) is 5.65 Å². The van der Waals surface area contributed by atoms with E-state index in [0.717, 1.165) is 4.90 Å². The standard InChI is InChI=1S/C22H22F4N6O/c1-11-6-17(23)18(30-21(33)32-5-4-14(10-32)22(24,25)26)8-15(11)16-7-13-9-28-20(27-3)31-19(13)29-12(16)2/h6-9,14H,4-5,10H2,1-3H3,(H,30,33)(H,27,28,29,31)/t14-/m1/s1. The fraction of sp³-hybridized carbons (Fsp3) is 0.364. The number of rotatable bonds is 3. The molecule has 1 aliphatic rings. The van der Waals surface area contributed by atoms with Gasteiger partial charge in [0, 0.05) is 43.0 Å². The number of fused-ring (bicyclic) bond motifs is 1. The number of hydrogen-bond acceptors (Lipinski definition) is 5. The summed E-state index contributed by atoms with van der Waals surface area (Å²) in [5, 5.41) is 5.95. The molecule has 33 heavy (non-hydrogen) atoms. The molecule has 2 N–H and O–H groups in total. The summed E-state index contributed by atoms with van der Waals surface area (Å²) in [6, 6.07) is 3.81. The highest BCUT2D eigenvalue weighted by Gasteiger charge is 2.44. The van der Waals surface area contributed by atoms with E-state index in [0.29, 0.717) is 39.4 Å². The monoisotopic (exact) mass is 462 g/mol.